The number of benzene rings is 3. The van der Waals surface area contributed by atoms with Crippen LogP contribution in [-0.4, -0.2) is 78.9 Å². The van der Waals surface area contributed by atoms with Gasteiger partial charge in [-0.05, 0) is 81.8 Å². The van der Waals surface area contributed by atoms with Gasteiger partial charge < -0.3 is 33.3 Å². The van der Waals surface area contributed by atoms with Crippen molar-refractivity contribution in [1.29, 1.82) is 0 Å². The van der Waals surface area contributed by atoms with E-state index in [1.807, 2.05) is 42.5 Å². The summed E-state index contributed by atoms with van der Waals surface area (Å²) in [6, 6.07) is 19.9. The molecule has 0 amide bonds. The van der Waals surface area contributed by atoms with Crippen LogP contribution in [0.3, 0.4) is 0 Å². The number of hydrogen-bond donors (Lipinski definition) is 0. The Morgan fingerprint density at radius 3 is 1.96 bits per heavy atom. The van der Waals surface area contributed by atoms with Gasteiger partial charge in [-0.25, -0.2) is 4.98 Å². The molecule has 0 saturated carbocycles. The summed E-state index contributed by atoms with van der Waals surface area (Å²) in [7, 11) is 1.66. The third-order valence-electron chi connectivity index (χ3n) is 8.47. The number of hydrogen-bond acceptors (Lipinski definition) is 7. The summed E-state index contributed by atoms with van der Waals surface area (Å²) < 4.78 is 26.7. The molecule has 1 aromatic heterocycles. The second kappa shape index (κ2) is 18.4. The molecule has 8 nitrogen and oxygen atoms in total. The van der Waals surface area contributed by atoms with E-state index in [4.69, 9.17) is 23.9 Å². The van der Waals surface area contributed by atoms with Crippen LogP contribution in [0.2, 0.25) is 0 Å². The molecular weight excluding hydrogens is 576 g/mol. The van der Waals surface area contributed by atoms with E-state index in [0.29, 0.717) is 13.2 Å². The van der Waals surface area contributed by atoms with Gasteiger partial charge >= 0.3 is 0 Å². The molecule has 0 aliphatic heterocycles. The molecule has 250 valence electrons. The number of fused-ring (bicyclic) bond motifs is 1. The molecule has 0 aliphatic carbocycles. The summed E-state index contributed by atoms with van der Waals surface area (Å²) in [4.78, 5) is 10.1. The number of methoxy groups -OCH3 is 1. The third-order valence-corrected chi connectivity index (χ3v) is 8.47. The molecule has 0 aliphatic rings. The Kier molecular flexibility index (Phi) is 14.1. The normalized spacial score (nSPS) is 11.5. The van der Waals surface area contributed by atoms with Crippen LogP contribution in [-0.2, 0) is 6.54 Å². The molecule has 46 heavy (non-hydrogen) atoms. The lowest BCUT2D eigenvalue weighted by atomic mass is 10.2. The standard InChI is InChI=1S/C38H54N4O4/c1-7-12-24-42-35-28-34(44-25-14-22-40(8-2)9-3)29-36(45-26-15-23-41(10-4)11-5)37(35)39-38(42)30-16-13-17-33(27-30)46-32-20-18-31(43-6)19-21-32/h13,16-21,27-29H,7-12,14-15,22-26H2,1-6H3. The number of aromatic nitrogens is 2. The Morgan fingerprint density at radius 1 is 0.674 bits per heavy atom. The van der Waals surface area contributed by atoms with Crippen LogP contribution in [0.5, 0.6) is 28.7 Å². The Morgan fingerprint density at radius 2 is 1.33 bits per heavy atom. The number of ether oxygens (including phenoxy) is 4. The van der Waals surface area contributed by atoms with E-state index in [-0.39, 0.29) is 0 Å². The fourth-order valence-corrected chi connectivity index (χ4v) is 5.63. The second-order valence-electron chi connectivity index (χ2n) is 11.5. The maximum Gasteiger partial charge on any atom is 0.150 e. The molecule has 0 bridgehead atoms. The average Bonchev–Trinajstić information content (AvgIpc) is 3.46. The summed E-state index contributed by atoms with van der Waals surface area (Å²) >= 11 is 0. The molecule has 0 spiro atoms. The molecular formula is C38H54N4O4. The van der Waals surface area contributed by atoms with Gasteiger partial charge in [0.1, 0.15) is 34.3 Å². The summed E-state index contributed by atoms with van der Waals surface area (Å²) in [6.07, 6.45) is 4.04. The SMILES string of the molecule is CCCCn1c(-c2cccc(Oc3ccc(OC)cc3)c2)nc2c(OCCCN(CC)CC)cc(OCCCN(CC)CC)cc21. The molecule has 0 atom stereocenters. The molecule has 0 saturated heterocycles. The second-order valence-corrected chi connectivity index (χ2v) is 11.5. The van der Waals surface area contributed by atoms with E-state index in [1.165, 1.54) is 0 Å². The number of nitrogens with zero attached hydrogens (tertiary/aromatic N) is 4. The van der Waals surface area contributed by atoms with Crippen molar-refractivity contribution in [1.82, 2.24) is 19.4 Å². The maximum atomic E-state index is 6.48. The van der Waals surface area contributed by atoms with Crippen LogP contribution in [0.1, 0.15) is 60.3 Å². The Bertz CT molecular complexity index is 1460. The zero-order chi connectivity index (χ0) is 32.7. The lowest BCUT2D eigenvalue weighted by molar-refractivity contribution is 0.243. The van der Waals surface area contributed by atoms with Crippen molar-refractivity contribution < 1.29 is 18.9 Å². The Labute approximate surface area is 276 Å². The predicted octanol–water partition coefficient (Wildman–Crippen LogP) is 8.53. The highest BCUT2D eigenvalue weighted by molar-refractivity contribution is 5.87. The van der Waals surface area contributed by atoms with Gasteiger partial charge in [0.15, 0.2) is 5.75 Å². The molecule has 0 unspecified atom stereocenters. The highest BCUT2D eigenvalue weighted by Crippen LogP contribution is 2.36. The average molecular weight is 631 g/mol. The minimum atomic E-state index is 0.624. The van der Waals surface area contributed by atoms with Crippen LogP contribution in [0, 0.1) is 0 Å². The van der Waals surface area contributed by atoms with Gasteiger partial charge in [0.2, 0.25) is 0 Å². The molecule has 0 fully saturated rings. The molecule has 0 radical (unpaired) electrons. The molecule has 1 heterocycles. The van der Waals surface area contributed by atoms with Gasteiger partial charge in [0, 0.05) is 37.3 Å². The van der Waals surface area contributed by atoms with Gasteiger partial charge in [-0.2, -0.15) is 0 Å². The summed E-state index contributed by atoms with van der Waals surface area (Å²) in [6.45, 7) is 19.4. The lowest BCUT2D eigenvalue weighted by Crippen LogP contribution is -2.25. The van der Waals surface area contributed by atoms with E-state index < -0.39 is 0 Å². The fraction of sp³-hybridized carbons (Fsp3) is 0.500. The number of unbranched alkanes of at least 4 members (excludes halogenated alkanes) is 1. The summed E-state index contributed by atoms with van der Waals surface area (Å²) in [5.41, 5.74) is 2.89. The smallest absolute Gasteiger partial charge is 0.150 e. The highest BCUT2D eigenvalue weighted by Gasteiger charge is 2.19. The van der Waals surface area contributed by atoms with Gasteiger partial charge in [-0.3, -0.25) is 0 Å². The summed E-state index contributed by atoms with van der Waals surface area (Å²) in [5.74, 6) is 4.80. The van der Waals surface area contributed by atoms with E-state index in [2.05, 4.69) is 67.2 Å². The van der Waals surface area contributed by atoms with Crippen LogP contribution in [0.15, 0.2) is 60.7 Å². The predicted molar refractivity (Wildman–Crippen MR) is 189 cm³/mol. The van der Waals surface area contributed by atoms with Crippen molar-refractivity contribution >= 4 is 11.0 Å². The number of rotatable bonds is 21. The van der Waals surface area contributed by atoms with Crippen LogP contribution >= 0.6 is 0 Å². The first-order chi connectivity index (χ1) is 22.5. The first kappa shape index (κ1) is 35.1. The van der Waals surface area contributed by atoms with E-state index in [9.17, 15) is 0 Å². The van der Waals surface area contributed by atoms with Gasteiger partial charge in [0.05, 0.1) is 25.8 Å². The lowest BCUT2D eigenvalue weighted by Gasteiger charge is -2.18. The Hall–Kier alpha value is -3.75. The molecule has 8 heteroatoms. The number of aryl methyl sites for hydroxylation is 1. The molecule has 4 rings (SSSR count). The maximum absolute atomic E-state index is 6.48. The van der Waals surface area contributed by atoms with Crippen LogP contribution < -0.4 is 18.9 Å². The Balaban J connectivity index is 1.67. The first-order valence-corrected chi connectivity index (χ1v) is 17.2. The fourth-order valence-electron chi connectivity index (χ4n) is 5.63. The molecule has 0 N–H and O–H groups in total. The van der Waals surface area contributed by atoms with Crippen LogP contribution in [0.4, 0.5) is 0 Å². The van der Waals surface area contributed by atoms with Crippen molar-refractivity contribution in [3.8, 4) is 40.1 Å². The van der Waals surface area contributed by atoms with E-state index >= 15 is 0 Å². The highest BCUT2D eigenvalue weighted by atomic mass is 16.5. The minimum absolute atomic E-state index is 0.624. The molecule has 4 aromatic rings. The number of imidazole rings is 1. The van der Waals surface area contributed by atoms with Crippen molar-refractivity contribution in [3.05, 3.63) is 60.7 Å². The third kappa shape index (κ3) is 9.63. The van der Waals surface area contributed by atoms with Gasteiger partial charge in [0.25, 0.3) is 0 Å². The van der Waals surface area contributed by atoms with Gasteiger partial charge in [-0.15, -0.1) is 0 Å². The van der Waals surface area contributed by atoms with Crippen molar-refractivity contribution in [2.45, 2.75) is 66.8 Å². The minimum Gasteiger partial charge on any atom is -0.497 e. The topological polar surface area (TPSA) is 61.2 Å². The van der Waals surface area contributed by atoms with Crippen molar-refractivity contribution in [2.24, 2.45) is 0 Å². The van der Waals surface area contributed by atoms with Gasteiger partial charge in [-0.1, -0.05) is 53.2 Å². The van der Waals surface area contributed by atoms with Crippen molar-refractivity contribution in [3.63, 3.8) is 0 Å². The van der Waals surface area contributed by atoms with Crippen LogP contribution in [0.25, 0.3) is 22.4 Å². The van der Waals surface area contributed by atoms with Crippen molar-refractivity contribution in [2.75, 3.05) is 59.6 Å². The van der Waals surface area contributed by atoms with E-state index in [0.717, 1.165) is 123 Å². The largest absolute Gasteiger partial charge is 0.497 e. The zero-order valence-corrected chi connectivity index (χ0v) is 28.9. The molecule has 3 aromatic carbocycles. The zero-order valence-electron chi connectivity index (χ0n) is 28.9. The first-order valence-electron chi connectivity index (χ1n) is 17.2. The van der Waals surface area contributed by atoms with E-state index in [1.54, 1.807) is 7.11 Å². The monoisotopic (exact) mass is 630 g/mol. The quantitative estimate of drug-likeness (QED) is 0.0856. The summed E-state index contributed by atoms with van der Waals surface area (Å²) in [5, 5.41) is 0.